The number of hydrogen-bond acceptors (Lipinski definition) is 2. The first-order valence-corrected chi connectivity index (χ1v) is 5.78. The normalized spacial score (nSPS) is 12.7. The molecule has 1 aromatic heterocycles. The first-order chi connectivity index (χ1) is 8.63. The molecule has 0 aliphatic carbocycles. The van der Waals surface area contributed by atoms with Crippen LogP contribution in [0.4, 0.5) is 8.78 Å². The minimum absolute atomic E-state index is 0.330. The van der Waals surface area contributed by atoms with Crippen molar-refractivity contribution >= 4 is 0 Å². The summed E-state index contributed by atoms with van der Waals surface area (Å²) in [7, 11) is 1.84. The van der Waals surface area contributed by atoms with Crippen molar-refractivity contribution in [3.8, 4) is 0 Å². The maximum atomic E-state index is 13.8. The first kappa shape index (κ1) is 12.7. The SMILES string of the molecule is CCNC(c1ccc(F)cc1F)c1cncn1C. The Labute approximate surface area is 104 Å². The number of aryl methyl sites for hydroxylation is 1. The standard InChI is InChI=1S/C13H15F2N3/c1-3-17-13(12-7-16-8-18(12)2)10-5-4-9(14)6-11(10)15/h4-8,13,17H,3H2,1-2H3. The summed E-state index contributed by atoms with van der Waals surface area (Å²) in [5.41, 5.74) is 1.25. The second kappa shape index (κ2) is 5.27. The van der Waals surface area contributed by atoms with Crippen LogP contribution in [0.2, 0.25) is 0 Å². The summed E-state index contributed by atoms with van der Waals surface area (Å²) in [6.45, 7) is 2.61. The van der Waals surface area contributed by atoms with E-state index in [9.17, 15) is 8.78 Å². The summed E-state index contributed by atoms with van der Waals surface area (Å²) < 4.78 is 28.6. The number of halogens is 2. The van der Waals surface area contributed by atoms with Crippen molar-refractivity contribution in [2.24, 2.45) is 7.05 Å². The van der Waals surface area contributed by atoms with Crippen LogP contribution in [0.3, 0.4) is 0 Å². The summed E-state index contributed by atoms with van der Waals surface area (Å²) in [5.74, 6) is -1.13. The molecule has 1 unspecified atom stereocenters. The van der Waals surface area contributed by atoms with Crippen molar-refractivity contribution in [3.63, 3.8) is 0 Å². The smallest absolute Gasteiger partial charge is 0.131 e. The van der Waals surface area contributed by atoms with Crippen molar-refractivity contribution in [1.82, 2.24) is 14.9 Å². The van der Waals surface area contributed by atoms with Gasteiger partial charge in [-0.2, -0.15) is 0 Å². The number of hydrogen-bond donors (Lipinski definition) is 1. The molecular weight excluding hydrogens is 236 g/mol. The highest BCUT2D eigenvalue weighted by atomic mass is 19.1. The van der Waals surface area contributed by atoms with E-state index < -0.39 is 11.6 Å². The topological polar surface area (TPSA) is 29.9 Å². The lowest BCUT2D eigenvalue weighted by molar-refractivity contribution is 0.529. The molecule has 0 aliphatic heterocycles. The van der Waals surface area contributed by atoms with Crippen molar-refractivity contribution in [3.05, 3.63) is 53.6 Å². The third-order valence-corrected chi connectivity index (χ3v) is 2.83. The second-order valence-corrected chi connectivity index (χ2v) is 4.09. The van der Waals surface area contributed by atoms with Gasteiger partial charge in [0, 0.05) is 18.7 Å². The van der Waals surface area contributed by atoms with Crippen LogP contribution >= 0.6 is 0 Å². The number of nitrogens with one attached hydrogen (secondary N) is 1. The van der Waals surface area contributed by atoms with E-state index in [2.05, 4.69) is 10.3 Å². The number of imidazole rings is 1. The predicted molar refractivity (Wildman–Crippen MR) is 65.1 cm³/mol. The quantitative estimate of drug-likeness (QED) is 0.904. The van der Waals surface area contributed by atoms with Gasteiger partial charge in [-0.05, 0) is 12.6 Å². The molecule has 0 amide bonds. The Bertz CT molecular complexity index is 537. The third kappa shape index (κ3) is 2.41. The van der Waals surface area contributed by atoms with Crippen LogP contribution in [0.1, 0.15) is 24.2 Å². The Hall–Kier alpha value is -1.75. The van der Waals surface area contributed by atoms with E-state index >= 15 is 0 Å². The second-order valence-electron chi connectivity index (χ2n) is 4.09. The molecule has 0 bridgehead atoms. The maximum absolute atomic E-state index is 13.8. The van der Waals surface area contributed by atoms with E-state index in [-0.39, 0.29) is 6.04 Å². The van der Waals surface area contributed by atoms with Gasteiger partial charge in [-0.1, -0.05) is 13.0 Å². The number of aromatic nitrogens is 2. The monoisotopic (exact) mass is 251 g/mol. The molecule has 5 heteroatoms. The molecule has 0 saturated carbocycles. The maximum Gasteiger partial charge on any atom is 0.131 e. The van der Waals surface area contributed by atoms with Gasteiger partial charge in [-0.15, -0.1) is 0 Å². The number of benzene rings is 1. The van der Waals surface area contributed by atoms with Crippen LogP contribution in [0.25, 0.3) is 0 Å². The van der Waals surface area contributed by atoms with E-state index in [1.54, 1.807) is 12.5 Å². The summed E-state index contributed by atoms with van der Waals surface area (Å²) >= 11 is 0. The summed E-state index contributed by atoms with van der Waals surface area (Å²) in [6.07, 6.45) is 3.33. The third-order valence-electron chi connectivity index (χ3n) is 2.83. The first-order valence-electron chi connectivity index (χ1n) is 5.78. The van der Waals surface area contributed by atoms with E-state index in [1.807, 2.05) is 18.5 Å². The molecule has 0 aliphatic rings. The zero-order valence-electron chi connectivity index (χ0n) is 10.3. The molecule has 96 valence electrons. The summed E-state index contributed by atoms with van der Waals surface area (Å²) in [4.78, 5) is 4.02. The Kier molecular flexibility index (Phi) is 3.72. The molecule has 2 aromatic rings. The molecule has 3 nitrogen and oxygen atoms in total. The molecule has 0 saturated heterocycles. The molecule has 0 fully saturated rings. The van der Waals surface area contributed by atoms with Gasteiger partial charge in [0.1, 0.15) is 11.6 Å². The fourth-order valence-electron chi connectivity index (χ4n) is 1.96. The van der Waals surface area contributed by atoms with Crippen LogP contribution in [-0.2, 0) is 7.05 Å². The minimum atomic E-state index is -0.573. The number of rotatable bonds is 4. The van der Waals surface area contributed by atoms with Crippen molar-refractivity contribution in [1.29, 1.82) is 0 Å². The lowest BCUT2D eigenvalue weighted by Crippen LogP contribution is -2.24. The highest BCUT2D eigenvalue weighted by Crippen LogP contribution is 2.24. The van der Waals surface area contributed by atoms with E-state index in [0.29, 0.717) is 12.1 Å². The van der Waals surface area contributed by atoms with Gasteiger partial charge in [0.2, 0.25) is 0 Å². The van der Waals surface area contributed by atoms with E-state index in [1.165, 1.54) is 12.1 Å². The Morgan fingerprint density at radius 1 is 1.39 bits per heavy atom. The highest BCUT2D eigenvalue weighted by molar-refractivity contribution is 5.29. The highest BCUT2D eigenvalue weighted by Gasteiger charge is 2.19. The molecular formula is C13H15F2N3. The van der Waals surface area contributed by atoms with Gasteiger partial charge in [0.15, 0.2) is 0 Å². The molecule has 2 rings (SSSR count). The average Bonchev–Trinajstić information content (AvgIpc) is 2.73. The fraction of sp³-hybridized carbons (Fsp3) is 0.308. The molecule has 1 atom stereocenters. The van der Waals surface area contributed by atoms with Crippen LogP contribution in [0.15, 0.2) is 30.7 Å². The van der Waals surface area contributed by atoms with E-state index in [4.69, 9.17) is 0 Å². The molecule has 18 heavy (non-hydrogen) atoms. The van der Waals surface area contributed by atoms with Gasteiger partial charge in [-0.3, -0.25) is 0 Å². The summed E-state index contributed by atoms with van der Waals surface area (Å²) in [6, 6.07) is 3.29. The largest absolute Gasteiger partial charge is 0.336 e. The molecule has 1 heterocycles. The van der Waals surface area contributed by atoms with Crippen LogP contribution in [0, 0.1) is 11.6 Å². The van der Waals surface area contributed by atoms with Gasteiger partial charge < -0.3 is 9.88 Å². The van der Waals surface area contributed by atoms with Crippen LogP contribution < -0.4 is 5.32 Å². The lowest BCUT2D eigenvalue weighted by Gasteiger charge is -2.19. The van der Waals surface area contributed by atoms with Crippen molar-refractivity contribution in [2.45, 2.75) is 13.0 Å². The van der Waals surface area contributed by atoms with Crippen molar-refractivity contribution < 1.29 is 8.78 Å². The molecule has 0 spiro atoms. The molecule has 1 N–H and O–H groups in total. The van der Waals surface area contributed by atoms with Gasteiger partial charge >= 0.3 is 0 Å². The van der Waals surface area contributed by atoms with Gasteiger partial charge in [0.25, 0.3) is 0 Å². The molecule has 0 radical (unpaired) electrons. The summed E-state index contributed by atoms with van der Waals surface area (Å²) in [5, 5.41) is 3.18. The zero-order chi connectivity index (χ0) is 13.1. The van der Waals surface area contributed by atoms with Crippen molar-refractivity contribution in [2.75, 3.05) is 6.54 Å². The van der Waals surface area contributed by atoms with E-state index in [0.717, 1.165) is 11.8 Å². The van der Waals surface area contributed by atoms with Crippen LogP contribution in [-0.4, -0.2) is 16.1 Å². The van der Waals surface area contributed by atoms with Gasteiger partial charge in [0.05, 0.1) is 24.3 Å². The Balaban J connectivity index is 2.45. The van der Waals surface area contributed by atoms with Crippen LogP contribution in [0.5, 0.6) is 0 Å². The predicted octanol–water partition coefficient (Wildman–Crippen LogP) is 2.40. The molecule has 1 aromatic carbocycles. The van der Waals surface area contributed by atoms with Gasteiger partial charge in [-0.25, -0.2) is 13.8 Å². The lowest BCUT2D eigenvalue weighted by atomic mass is 10.0. The fourth-order valence-corrected chi connectivity index (χ4v) is 1.96. The number of nitrogens with zero attached hydrogens (tertiary/aromatic N) is 2. The Morgan fingerprint density at radius 2 is 2.17 bits per heavy atom. The average molecular weight is 251 g/mol. The Morgan fingerprint density at radius 3 is 2.72 bits per heavy atom. The zero-order valence-corrected chi connectivity index (χ0v) is 10.3. The minimum Gasteiger partial charge on any atom is -0.336 e.